The van der Waals surface area contributed by atoms with E-state index in [0.29, 0.717) is 0 Å². The van der Waals surface area contributed by atoms with Crippen molar-refractivity contribution in [3.05, 3.63) is 23.8 Å². The van der Waals surface area contributed by atoms with Crippen molar-refractivity contribution in [1.29, 1.82) is 0 Å². The van der Waals surface area contributed by atoms with Crippen molar-refractivity contribution in [2.45, 2.75) is 18.2 Å². The van der Waals surface area contributed by atoms with Gasteiger partial charge in [0, 0.05) is 4.90 Å². The minimum absolute atomic E-state index is 1.000. The number of anilines is 1. The largest absolute Gasteiger partial charge is 0.323 e. The zero-order chi connectivity index (χ0) is 8.97. The summed E-state index contributed by atoms with van der Waals surface area (Å²) < 4.78 is 0. The maximum absolute atomic E-state index is 5.35. The van der Waals surface area contributed by atoms with Crippen LogP contribution in [0.1, 0.15) is 12.5 Å². The molecule has 0 fully saturated rings. The van der Waals surface area contributed by atoms with E-state index in [4.69, 9.17) is 5.84 Å². The van der Waals surface area contributed by atoms with Crippen molar-refractivity contribution in [2.24, 2.45) is 5.84 Å². The van der Waals surface area contributed by atoms with E-state index in [1.807, 2.05) is 6.07 Å². The van der Waals surface area contributed by atoms with E-state index >= 15 is 0 Å². The summed E-state index contributed by atoms with van der Waals surface area (Å²) >= 11 is 1.71. The Bertz CT molecular complexity index is 261. The minimum Gasteiger partial charge on any atom is -0.323 e. The van der Waals surface area contributed by atoms with E-state index in [0.717, 1.165) is 12.1 Å². The van der Waals surface area contributed by atoms with Crippen LogP contribution in [-0.4, -0.2) is 6.26 Å². The van der Waals surface area contributed by atoms with Gasteiger partial charge in [-0.3, -0.25) is 5.84 Å². The van der Waals surface area contributed by atoms with Crippen molar-refractivity contribution in [2.75, 3.05) is 11.7 Å². The van der Waals surface area contributed by atoms with Gasteiger partial charge in [-0.1, -0.05) is 13.0 Å². The molecule has 12 heavy (non-hydrogen) atoms. The Morgan fingerprint density at radius 1 is 1.50 bits per heavy atom. The van der Waals surface area contributed by atoms with Crippen LogP contribution in [0.4, 0.5) is 5.69 Å². The second-order valence-electron chi connectivity index (χ2n) is 2.53. The third-order valence-corrected chi connectivity index (χ3v) is 2.61. The highest BCUT2D eigenvalue weighted by atomic mass is 32.2. The number of aryl methyl sites for hydroxylation is 1. The van der Waals surface area contributed by atoms with E-state index in [-0.39, 0.29) is 0 Å². The van der Waals surface area contributed by atoms with Gasteiger partial charge < -0.3 is 5.43 Å². The fourth-order valence-electron chi connectivity index (χ4n) is 1.07. The van der Waals surface area contributed by atoms with Gasteiger partial charge in [0.25, 0.3) is 0 Å². The molecule has 1 aromatic rings. The highest BCUT2D eigenvalue weighted by molar-refractivity contribution is 7.98. The zero-order valence-electron chi connectivity index (χ0n) is 7.42. The Balaban J connectivity index is 3.02. The number of nitrogens with two attached hydrogens (primary N) is 1. The van der Waals surface area contributed by atoms with Gasteiger partial charge in [-0.15, -0.1) is 11.8 Å². The van der Waals surface area contributed by atoms with Crippen molar-refractivity contribution >= 4 is 17.4 Å². The molecule has 0 aliphatic carbocycles. The lowest BCUT2D eigenvalue weighted by atomic mass is 10.1. The molecule has 1 rings (SSSR count). The first-order valence-corrected chi connectivity index (χ1v) is 5.17. The van der Waals surface area contributed by atoms with Crippen molar-refractivity contribution < 1.29 is 0 Å². The maximum atomic E-state index is 5.35. The number of nitrogen functional groups attached to an aromatic ring is 1. The van der Waals surface area contributed by atoms with Gasteiger partial charge in [-0.25, -0.2) is 0 Å². The van der Waals surface area contributed by atoms with Crippen LogP contribution in [0, 0.1) is 0 Å². The molecule has 0 saturated heterocycles. The lowest BCUT2D eigenvalue weighted by Crippen LogP contribution is -2.07. The lowest BCUT2D eigenvalue weighted by Gasteiger charge is -2.07. The first-order chi connectivity index (χ1) is 5.81. The number of nitrogens with one attached hydrogen (secondary N) is 1. The number of hydrogen-bond donors (Lipinski definition) is 2. The molecule has 0 aliphatic heterocycles. The Hall–Kier alpha value is -0.670. The summed E-state index contributed by atoms with van der Waals surface area (Å²) in [6, 6.07) is 6.28. The second-order valence-corrected chi connectivity index (χ2v) is 3.38. The van der Waals surface area contributed by atoms with Gasteiger partial charge in [-0.2, -0.15) is 0 Å². The van der Waals surface area contributed by atoms with Crippen LogP contribution in [-0.2, 0) is 6.42 Å². The molecule has 3 N–H and O–H groups in total. The molecule has 66 valence electrons. The second kappa shape index (κ2) is 4.38. The zero-order valence-corrected chi connectivity index (χ0v) is 8.24. The van der Waals surface area contributed by atoms with E-state index < -0.39 is 0 Å². The molecule has 0 radical (unpaired) electrons. The minimum atomic E-state index is 1.000. The van der Waals surface area contributed by atoms with E-state index in [9.17, 15) is 0 Å². The molecule has 0 amide bonds. The number of hydrazine groups is 1. The van der Waals surface area contributed by atoms with Gasteiger partial charge in [0.1, 0.15) is 0 Å². The Morgan fingerprint density at radius 3 is 2.75 bits per heavy atom. The van der Waals surface area contributed by atoms with Crippen LogP contribution in [0.3, 0.4) is 0 Å². The third-order valence-electron chi connectivity index (χ3n) is 1.83. The molecule has 2 nitrogen and oxygen atoms in total. The van der Waals surface area contributed by atoms with Crippen molar-refractivity contribution in [3.8, 4) is 0 Å². The van der Waals surface area contributed by atoms with Crippen LogP contribution < -0.4 is 11.3 Å². The van der Waals surface area contributed by atoms with Gasteiger partial charge in [0.2, 0.25) is 0 Å². The van der Waals surface area contributed by atoms with Gasteiger partial charge >= 0.3 is 0 Å². The molecular weight excluding hydrogens is 168 g/mol. The summed E-state index contributed by atoms with van der Waals surface area (Å²) in [5, 5.41) is 0. The molecule has 0 atom stereocenters. The SMILES string of the molecule is CCc1ccc(NN)c(SC)c1. The quantitative estimate of drug-likeness (QED) is 0.428. The molecule has 0 spiro atoms. The fraction of sp³-hybridized carbons (Fsp3) is 0.333. The highest BCUT2D eigenvalue weighted by Gasteiger charge is 1.99. The average molecular weight is 182 g/mol. The van der Waals surface area contributed by atoms with Gasteiger partial charge in [0.15, 0.2) is 0 Å². The fourth-order valence-corrected chi connectivity index (χ4v) is 1.69. The maximum Gasteiger partial charge on any atom is 0.0621 e. The predicted octanol–water partition coefficient (Wildman–Crippen LogP) is 2.26. The van der Waals surface area contributed by atoms with Crippen LogP contribution in [0.5, 0.6) is 0 Å². The smallest absolute Gasteiger partial charge is 0.0621 e. The van der Waals surface area contributed by atoms with Crippen LogP contribution in [0.2, 0.25) is 0 Å². The normalized spacial score (nSPS) is 9.92. The number of thioether (sulfide) groups is 1. The molecular formula is C9H14N2S. The summed E-state index contributed by atoms with van der Waals surface area (Å²) in [7, 11) is 0. The summed E-state index contributed by atoms with van der Waals surface area (Å²) in [4.78, 5) is 1.21. The molecule has 3 heteroatoms. The molecule has 0 saturated carbocycles. The van der Waals surface area contributed by atoms with Crippen LogP contribution in [0.15, 0.2) is 23.1 Å². The standard InChI is InChI=1S/C9H14N2S/c1-3-7-4-5-8(11-10)9(6-7)12-2/h4-6,11H,3,10H2,1-2H3. The van der Waals surface area contributed by atoms with Crippen molar-refractivity contribution in [1.82, 2.24) is 0 Å². The monoisotopic (exact) mass is 182 g/mol. The Labute approximate surface area is 77.5 Å². The topological polar surface area (TPSA) is 38.0 Å². The first-order valence-electron chi connectivity index (χ1n) is 3.95. The molecule has 0 bridgehead atoms. The molecule has 0 aliphatic rings. The number of hydrogen-bond acceptors (Lipinski definition) is 3. The number of benzene rings is 1. The van der Waals surface area contributed by atoms with Gasteiger partial charge in [-0.05, 0) is 30.4 Å². The summed E-state index contributed by atoms with van der Waals surface area (Å²) in [6.07, 6.45) is 3.12. The first kappa shape index (κ1) is 9.42. The van der Waals surface area contributed by atoms with Crippen LogP contribution in [0.25, 0.3) is 0 Å². The van der Waals surface area contributed by atoms with Crippen LogP contribution >= 0.6 is 11.8 Å². The summed E-state index contributed by atoms with van der Waals surface area (Å²) in [6.45, 7) is 2.15. The Kier molecular flexibility index (Phi) is 3.44. The molecule has 0 unspecified atom stereocenters. The van der Waals surface area contributed by atoms with E-state index in [1.54, 1.807) is 11.8 Å². The Morgan fingerprint density at radius 2 is 2.25 bits per heavy atom. The molecule has 1 aromatic carbocycles. The number of rotatable bonds is 3. The van der Waals surface area contributed by atoms with Gasteiger partial charge in [0.05, 0.1) is 5.69 Å². The van der Waals surface area contributed by atoms with E-state index in [2.05, 4.69) is 30.7 Å². The predicted molar refractivity (Wildman–Crippen MR) is 55.4 cm³/mol. The lowest BCUT2D eigenvalue weighted by molar-refractivity contribution is 1.12. The van der Waals surface area contributed by atoms with Crippen molar-refractivity contribution in [3.63, 3.8) is 0 Å². The molecule has 0 heterocycles. The average Bonchev–Trinajstić information content (AvgIpc) is 2.16. The summed E-state index contributed by atoms with van der Waals surface area (Å²) in [5.41, 5.74) is 5.02. The molecule has 0 aromatic heterocycles. The third kappa shape index (κ3) is 1.93. The highest BCUT2D eigenvalue weighted by Crippen LogP contribution is 2.25. The summed E-state index contributed by atoms with van der Waals surface area (Å²) in [5.74, 6) is 5.35. The van der Waals surface area contributed by atoms with E-state index in [1.165, 1.54) is 10.5 Å².